The Morgan fingerprint density at radius 1 is 1.50 bits per heavy atom. The van der Waals surface area contributed by atoms with Crippen LogP contribution in [0.15, 0.2) is 0 Å². The average molecular weight is 198 g/mol. The van der Waals surface area contributed by atoms with Crippen molar-refractivity contribution >= 4 is 5.91 Å². The van der Waals surface area contributed by atoms with E-state index in [0.717, 1.165) is 25.7 Å². The van der Waals surface area contributed by atoms with E-state index in [1.807, 2.05) is 6.92 Å². The van der Waals surface area contributed by atoms with Gasteiger partial charge in [-0.3, -0.25) is 4.79 Å². The molecule has 0 aromatic heterocycles. The number of hydrogen-bond donors (Lipinski definition) is 2. The van der Waals surface area contributed by atoms with Crippen LogP contribution < -0.4 is 11.1 Å². The minimum absolute atomic E-state index is 0.0176. The Labute approximate surface area is 86.4 Å². The van der Waals surface area contributed by atoms with Gasteiger partial charge in [0.05, 0.1) is 0 Å². The van der Waals surface area contributed by atoms with Crippen molar-refractivity contribution in [1.82, 2.24) is 5.32 Å². The van der Waals surface area contributed by atoms with Gasteiger partial charge in [0, 0.05) is 18.0 Å². The Morgan fingerprint density at radius 2 is 2.14 bits per heavy atom. The lowest BCUT2D eigenvalue weighted by Crippen LogP contribution is -2.53. The number of carbonyl (C=O) groups excluding carboxylic acids is 1. The molecule has 0 bridgehead atoms. The zero-order valence-electron chi connectivity index (χ0n) is 9.31. The zero-order valence-corrected chi connectivity index (χ0v) is 9.31. The fourth-order valence-corrected chi connectivity index (χ4v) is 1.90. The highest BCUT2D eigenvalue weighted by Crippen LogP contribution is 2.34. The normalized spacial score (nSPS) is 21.1. The standard InChI is InChI=1S/C11H22N2O/c1-3-9(12)8-10(14)13-11(4-2)6-5-7-11/h9H,3-8,12H2,1-2H3,(H,13,14). The van der Waals surface area contributed by atoms with Crippen LogP contribution in [0.2, 0.25) is 0 Å². The molecule has 1 aliphatic rings. The molecule has 0 saturated heterocycles. The quantitative estimate of drug-likeness (QED) is 0.704. The molecule has 1 unspecified atom stereocenters. The Hall–Kier alpha value is -0.570. The summed E-state index contributed by atoms with van der Waals surface area (Å²) in [5.41, 5.74) is 5.85. The van der Waals surface area contributed by atoms with Crippen molar-refractivity contribution in [3.05, 3.63) is 0 Å². The van der Waals surface area contributed by atoms with E-state index >= 15 is 0 Å². The topological polar surface area (TPSA) is 55.1 Å². The molecule has 14 heavy (non-hydrogen) atoms. The molecule has 0 aromatic carbocycles. The van der Waals surface area contributed by atoms with Gasteiger partial charge in [0.25, 0.3) is 0 Å². The summed E-state index contributed by atoms with van der Waals surface area (Å²) in [4.78, 5) is 11.6. The number of hydrogen-bond acceptors (Lipinski definition) is 2. The molecular formula is C11H22N2O. The summed E-state index contributed by atoms with van der Waals surface area (Å²) in [5.74, 6) is 0.126. The number of amides is 1. The highest BCUT2D eigenvalue weighted by Gasteiger charge is 2.36. The maximum absolute atomic E-state index is 11.6. The first-order valence-corrected chi connectivity index (χ1v) is 5.68. The Balaban J connectivity index is 2.32. The van der Waals surface area contributed by atoms with Crippen LogP contribution in [0.4, 0.5) is 0 Å². The van der Waals surface area contributed by atoms with E-state index in [1.165, 1.54) is 6.42 Å². The van der Waals surface area contributed by atoms with Gasteiger partial charge in [0.2, 0.25) is 5.91 Å². The highest BCUT2D eigenvalue weighted by molar-refractivity contribution is 5.77. The molecule has 0 radical (unpaired) electrons. The molecule has 3 nitrogen and oxygen atoms in total. The minimum Gasteiger partial charge on any atom is -0.351 e. The molecule has 1 atom stereocenters. The predicted octanol–water partition coefficient (Wildman–Crippen LogP) is 1.56. The Morgan fingerprint density at radius 3 is 2.50 bits per heavy atom. The molecule has 0 heterocycles. The molecule has 82 valence electrons. The average Bonchev–Trinajstić information content (AvgIpc) is 2.11. The van der Waals surface area contributed by atoms with E-state index < -0.39 is 0 Å². The van der Waals surface area contributed by atoms with Crippen LogP contribution in [0.5, 0.6) is 0 Å². The van der Waals surface area contributed by atoms with Gasteiger partial charge in [-0.2, -0.15) is 0 Å². The molecule has 0 spiro atoms. The van der Waals surface area contributed by atoms with E-state index in [4.69, 9.17) is 5.73 Å². The van der Waals surface area contributed by atoms with Crippen LogP contribution in [0.1, 0.15) is 52.4 Å². The monoisotopic (exact) mass is 198 g/mol. The van der Waals surface area contributed by atoms with Crippen LogP contribution in [-0.2, 0) is 4.79 Å². The van der Waals surface area contributed by atoms with Gasteiger partial charge in [0.15, 0.2) is 0 Å². The van der Waals surface area contributed by atoms with Crippen molar-refractivity contribution < 1.29 is 4.79 Å². The first-order valence-electron chi connectivity index (χ1n) is 5.68. The summed E-state index contributed by atoms with van der Waals surface area (Å²) in [6.45, 7) is 4.15. The third-order valence-electron chi connectivity index (χ3n) is 3.36. The van der Waals surface area contributed by atoms with Crippen LogP contribution in [-0.4, -0.2) is 17.5 Å². The third-order valence-corrected chi connectivity index (χ3v) is 3.36. The van der Waals surface area contributed by atoms with Crippen molar-refractivity contribution in [3.8, 4) is 0 Å². The van der Waals surface area contributed by atoms with Crippen molar-refractivity contribution in [1.29, 1.82) is 0 Å². The fourth-order valence-electron chi connectivity index (χ4n) is 1.90. The second kappa shape index (κ2) is 4.78. The van der Waals surface area contributed by atoms with Crippen LogP contribution in [0.25, 0.3) is 0 Å². The summed E-state index contributed by atoms with van der Waals surface area (Å²) in [6, 6.07) is 0.0176. The second-order valence-corrected chi connectivity index (χ2v) is 4.41. The van der Waals surface area contributed by atoms with Gasteiger partial charge in [-0.1, -0.05) is 13.8 Å². The molecule has 3 N–H and O–H groups in total. The largest absolute Gasteiger partial charge is 0.351 e. The number of rotatable bonds is 5. The Kier molecular flexibility index (Phi) is 3.93. The lowest BCUT2D eigenvalue weighted by molar-refractivity contribution is -0.124. The molecule has 1 saturated carbocycles. The number of nitrogens with two attached hydrogens (primary N) is 1. The second-order valence-electron chi connectivity index (χ2n) is 4.41. The lowest BCUT2D eigenvalue weighted by atomic mass is 9.74. The Bertz CT molecular complexity index is 194. The first-order chi connectivity index (χ1) is 6.62. The summed E-state index contributed by atoms with van der Waals surface area (Å²) in [5, 5.41) is 3.13. The van der Waals surface area contributed by atoms with Crippen LogP contribution in [0.3, 0.4) is 0 Å². The van der Waals surface area contributed by atoms with Crippen molar-refractivity contribution in [2.24, 2.45) is 5.73 Å². The van der Waals surface area contributed by atoms with E-state index in [2.05, 4.69) is 12.2 Å². The molecule has 1 fully saturated rings. The van der Waals surface area contributed by atoms with E-state index in [0.29, 0.717) is 6.42 Å². The minimum atomic E-state index is 0.0176. The molecule has 1 rings (SSSR count). The molecular weight excluding hydrogens is 176 g/mol. The molecule has 1 amide bonds. The maximum atomic E-state index is 11.6. The smallest absolute Gasteiger partial charge is 0.221 e. The van der Waals surface area contributed by atoms with E-state index in [1.54, 1.807) is 0 Å². The molecule has 0 aliphatic heterocycles. The van der Waals surface area contributed by atoms with Gasteiger partial charge in [-0.25, -0.2) is 0 Å². The fraction of sp³-hybridized carbons (Fsp3) is 0.909. The van der Waals surface area contributed by atoms with Gasteiger partial charge in [0.1, 0.15) is 0 Å². The third kappa shape index (κ3) is 2.71. The summed E-state index contributed by atoms with van der Waals surface area (Å²) >= 11 is 0. The van der Waals surface area contributed by atoms with E-state index in [9.17, 15) is 4.79 Å². The van der Waals surface area contributed by atoms with Gasteiger partial charge in [-0.05, 0) is 32.1 Å². The van der Waals surface area contributed by atoms with Gasteiger partial charge >= 0.3 is 0 Å². The van der Waals surface area contributed by atoms with E-state index in [-0.39, 0.29) is 17.5 Å². The number of nitrogens with one attached hydrogen (secondary N) is 1. The molecule has 3 heteroatoms. The van der Waals surface area contributed by atoms with Crippen LogP contribution in [0, 0.1) is 0 Å². The summed E-state index contributed by atoms with van der Waals surface area (Å²) < 4.78 is 0. The van der Waals surface area contributed by atoms with Crippen molar-refractivity contribution in [2.45, 2.75) is 64.0 Å². The SMILES string of the molecule is CCC(N)CC(=O)NC1(CC)CCC1. The molecule has 1 aliphatic carbocycles. The molecule has 0 aromatic rings. The predicted molar refractivity (Wildman–Crippen MR) is 57.9 cm³/mol. The summed E-state index contributed by atoms with van der Waals surface area (Å²) in [7, 11) is 0. The van der Waals surface area contributed by atoms with Crippen molar-refractivity contribution in [3.63, 3.8) is 0 Å². The van der Waals surface area contributed by atoms with Gasteiger partial charge < -0.3 is 11.1 Å². The summed E-state index contributed by atoms with van der Waals surface area (Å²) in [6.07, 6.45) is 5.89. The van der Waals surface area contributed by atoms with Crippen LogP contribution >= 0.6 is 0 Å². The lowest BCUT2D eigenvalue weighted by Gasteiger charge is -2.42. The number of carbonyl (C=O) groups is 1. The highest BCUT2D eigenvalue weighted by atomic mass is 16.1. The van der Waals surface area contributed by atoms with Gasteiger partial charge in [-0.15, -0.1) is 0 Å². The zero-order chi connectivity index (χ0) is 10.6. The first kappa shape index (κ1) is 11.5. The maximum Gasteiger partial charge on any atom is 0.221 e. The van der Waals surface area contributed by atoms with Crippen molar-refractivity contribution in [2.75, 3.05) is 0 Å².